The molecule has 4 nitrogen and oxygen atoms in total. The Labute approximate surface area is 124 Å². The van der Waals surface area contributed by atoms with Crippen LogP contribution in [0.5, 0.6) is 0 Å². The van der Waals surface area contributed by atoms with Gasteiger partial charge < -0.3 is 0 Å². The second kappa shape index (κ2) is 5.15. The second-order valence-corrected chi connectivity index (χ2v) is 4.94. The lowest BCUT2D eigenvalue weighted by atomic mass is 10.2. The van der Waals surface area contributed by atoms with Crippen LogP contribution in [0.3, 0.4) is 0 Å². The summed E-state index contributed by atoms with van der Waals surface area (Å²) in [5, 5.41) is 4.98. The topological polar surface area (TPSA) is 50.7 Å². The zero-order chi connectivity index (χ0) is 14.1. The molecule has 0 fully saturated rings. The summed E-state index contributed by atoms with van der Waals surface area (Å²) in [6, 6.07) is 14.4. The van der Waals surface area contributed by atoms with E-state index in [0.717, 1.165) is 5.56 Å². The van der Waals surface area contributed by atoms with Crippen LogP contribution in [0.4, 0.5) is 0 Å². The summed E-state index contributed by atoms with van der Waals surface area (Å²) in [6.07, 6.45) is 0. The molecule has 0 saturated carbocycles. The van der Waals surface area contributed by atoms with Gasteiger partial charge in [-0.2, -0.15) is 4.68 Å². The Kier molecular flexibility index (Phi) is 3.34. The molecule has 0 unspecified atom stereocenters. The summed E-state index contributed by atoms with van der Waals surface area (Å²) >= 11 is 12.2. The highest BCUT2D eigenvalue weighted by atomic mass is 35.5. The summed E-state index contributed by atoms with van der Waals surface area (Å²) in [7, 11) is 0. The van der Waals surface area contributed by atoms with Crippen LogP contribution >= 0.6 is 23.2 Å². The van der Waals surface area contributed by atoms with E-state index in [-0.39, 0.29) is 5.69 Å². The van der Waals surface area contributed by atoms with Gasteiger partial charge in [0.25, 0.3) is 0 Å². The van der Waals surface area contributed by atoms with Crippen LogP contribution in [0.1, 0.15) is 0 Å². The Bertz CT molecular complexity index is 789. The highest BCUT2D eigenvalue weighted by molar-refractivity contribution is 6.37. The molecule has 6 heteroatoms. The van der Waals surface area contributed by atoms with E-state index in [0.29, 0.717) is 21.6 Å². The number of H-pyrrole nitrogens is 1. The first kappa shape index (κ1) is 13.0. The second-order valence-electron chi connectivity index (χ2n) is 4.13. The van der Waals surface area contributed by atoms with Gasteiger partial charge in [0, 0.05) is 5.56 Å². The third-order valence-corrected chi connectivity index (χ3v) is 3.42. The lowest BCUT2D eigenvalue weighted by Crippen LogP contribution is -2.16. The SMILES string of the molecule is O=c1[nH]c(-c2ccccc2)nn1-c1c(Cl)cccc1Cl. The van der Waals surface area contributed by atoms with Gasteiger partial charge in [-0.3, -0.25) is 4.98 Å². The van der Waals surface area contributed by atoms with Gasteiger partial charge in [-0.25, -0.2) is 4.79 Å². The van der Waals surface area contributed by atoms with Gasteiger partial charge in [0.05, 0.1) is 10.0 Å². The van der Waals surface area contributed by atoms with E-state index in [4.69, 9.17) is 23.2 Å². The van der Waals surface area contributed by atoms with Gasteiger partial charge in [-0.1, -0.05) is 59.6 Å². The maximum absolute atomic E-state index is 12.0. The minimum atomic E-state index is -0.390. The predicted molar refractivity (Wildman–Crippen MR) is 79.6 cm³/mol. The summed E-state index contributed by atoms with van der Waals surface area (Å²) < 4.78 is 1.17. The summed E-state index contributed by atoms with van der Waals surface area (Å²) in [6.45, 7) is 0. The van der Waals surface area contributed by atoms with Crippen molar-refractivity contribution in [1.82, 2.24) is 14.8 Å². The molecule has 0 aliphatic heterocycles. The number of halogens is 2. The monoisotopic (exact) mass is 305 g/mol. The van der Waals surface area contributed by atoms with Gasteiger partial charge >= 0.3 is 5.69 Å². The third kappa shape index (κ3) is 2.24. The number of rotatable bonds is 2. The van der Waals surface area contributed by atoms with E-state index >= 15 is 0 Å². The fraction of sp³-hybridized carbons (Fsp3) is 0. The quantitative estimate of drug-likeness (QED) is 0.787. The van der Waals surface area contributed by atoms with Crippen LogP contribution in [-0.4, -0.2) is 14.8 Å². The third-order valence-electron chi connectivity index (χ3n) is 2.81. The average Bonchev–Trinajstić information content (AvgIpc) is 2.82. The maximum atomic E-state index is 12.0. The molecule has 1 N–H and O–H groups in total. The standard InChI is InChI=1S/C14H9Cl2N3O/c15-10-7-4-8-11(16)12(10)19-14(20)17-13(18-19)9-5-2-1-3-6-9/h1-8H,(H,17,18,20). The fourth-order valence-electron chi connectivity index (χ4n) is 1.89. The zero-order valence-corrected chi connectivity index (χ0v) is 11.7. The van der Waals surface area contributed by atoms with Crippen LogP contribution in [0.15, 0.2) is 53.3 Å². The van der Waals surface area contributed by atoms with Crippen LogP contribution in [-0.2, 0) is 0 Å². The molecule has 20 heavy (non-hydrogen) atoms. The number of hydrogen-bond donors (Lipinski definition) is 1. The van der Waals surface area contributed by atoms with E-state index in [9.17, 15) is 4.79 Å². The number of aromatic nitrogens is 3. The van der Waals surface area contributed by atoms with Crippen molar-refractivity contribution in [2.45, 2.75) is 0 Å². The van der Waals surface area contributed by atoms with Gasteiger partial charge in [0.2, 0.25) is 0 Å². The Morgan fingerprint density at radius 3 is 2.25 bits per heavy atom. The highest BCUT2D eigenvalue weighted by Gasteiger charge is 2.14. The van der Waals surface area contributed by atoms with Gasteiger partial charge in [0.1, 0.15) is 5.69 Å². The van der Waals surface area contributed by atoms with E-state index < -0.39 is 0 Å². The minimum absolute atomic E-state index is 0.366. The molecule has 0 aliphatic rings. The smallest absolute Gasteiger partial charge is 0.288 e. The van der Waals surface area contributed by atoms with Crippen LogP contribution in [0, 0.1) is 0 Å². The summed E-state index contributed by atoms with van der Waals surface area (Å²) in [4.78, 5) is 14.7. The lowest BCUT2D eigenvalue weighted by molar-refractivity contribution is 0.845. The molecule has 1 aromatic heterocycles. The molecule has 100 valence electrons. The van der Waals surface area contributed by atoms with Crippen molar-refractivity contribution < 1.29 is 0 Å². The zero-order valence-electron chi connectivity index (χ0n) is 10.2. The van der Waals surface area contributed by atoms with E-state index in [2.05, 4.69) is 10.1 Å². The summed E-state index contributed by atoms with van der Waals surface area (Å²) in [5.41, 5.74) is 0.796. The number of aromatic amines is 1. The number of nitrogens with one attached hydrogen (secondary N) is 1. The predicted octanol–water partition coefficient (Wildman–Crippen LogP) is 3.53. The van der Waals surface area contributed by atoms with Crippen molar-refractivity contribution >= 4 is 23.2 Å². The number of benzene rings is 2. The van der Waals surface area contributed by atoms with Gasteiger partial charge in [-0.15, -0.1) is 5.10 Å². The maximum Gasteiger partial charge on any atom is 0.348 e. The van der Waals surface area contributed by atoms with Crippen molar-refractivity contribution in [1.29, 1.82) is 0 Å². The molecule has 3 aromatic rings. The molecule has 0 spiro atoms. The molecule has 0 bridgehead atoms. The molecule has 0 aliphatic carbocycles. The van der Waals surface area contributed by atoms with Crippen LogP contribution < -0.4 is 5.69 Å². The number of nitrogens with zero attached hydrogens (tertiary/aromatic N) is 2. The van der Waals surface area contributed by atoms with Crippen LogP contribution in [0.25, 0.3) is 17.1 Å². The van der Waals surface area contributed by atoms with Gasteiger partial charge in [0.15, 0.2) is 5.82 Å². The molecule has 0 radical (unpaired) electrons. The van der Waals surface area contributed by atoms with E-state index in [1.54, 1.807) is 18.2 Å². The van der Waals surface area contributed by atoms with Crippen LogP contribution in [0.2, 0.25) is 10.0 Å². The highest BCUT2D eigenvalue weighted by Crippen LogP contribution is 2.27. The first-order valence-corrected chi connectivity index (χ1v) is 6.61. The Balaban J connectivity index is 2.18. The molecular formula is C14H9Cl2N3O. The van der Waals surface area contributed by atoms with E-state index in [1.807, 2.05) is 30.3 Å². The van der Waals surface area contributed by atoms with Crippen molar-refractivity contribution in [3.63, 3.8) is 0 Å². The molecule has 0 saturated heterocycles. The normalized spacial score (nSPS) is 10.7. The Morgan fingerprint density at radius 2 is 1.60 bits per heavy atom. The van der Waals surface area contributed by atoms with Crippen molar-refractivity contribution in [3.8, 4) is 17.1 Å². The minimum Gasteiger partial charge on any atom is -0.288 e. The van der Waals surface area contributed by atoms with E-state index in [1.165, 1.54) is 4.68 Å². The molecular weight excluding hydrogens is 297 g/mol. The number of para-hydroxylation sites is 1. The molecule has 1 heterocycles. The fourth-order valence-corrected chi connectivity index (χ4v) is 2.45. The molecule has 2 aromatic carbocycles. The first-order valence-electron chi connectivity index (χ1n) is 5.86. The molecule has 0 atom stereocenters. The average molecular weight is 306 g/mol. The Morgan fingerprint density at radius 1 is 0.950 bits per heavy atom. The largest absolute Gasteiger partial charge is 0.348 e. The van der Waals surface area contributed by atoms with Gasteiger partial charge in [-0.05, 0) is 12.1 Å². The molecule has 3 rings (SSSR count). The molecule has 0 amide bonds. The first-order chi connectivity index (χ1) is 9.66. The number of hydrogen-bond acceptors (Lipinski definition) is 2. The Hall–Kier alpha value is -2.04. The van der Waals surface area contributed by atoms with Crippen molar-refractivity contribution in [2.24, 2.45) is 0 Å². The van der Waals surface area contributed by atoms with Crippen molar-refractivity contribution in [2.75, 3.05) is 0 Å². The van der Waals surface area contributed by atoms with Crippen molar-refractivity contribution in [3.05, 3.63) is 69.1 Å². The summed E-state index contributed by atoms with van der Waals surface area (Å²) in [5.74, 6) is 0.464. The lowest BCUT2D eigenvalue weighted by Gasteiger charge is -2.04.